The third-order valence-electron chi connectivity index (χ3n) is 5.26. The van der Waals surface area contributed by atoms with E-state index in [1.54, 1.807) is 43.3 Å². The Morgan fingerprint density at radius 1 is 0.742 bits per heavy atom. The summed E-state index contributed by atoms with van der Waals surface area (Å²) in [6.07, 6.45) is 0. The van der Waals surface area contributed by atoms with Gasteiger partial charge in [-0.3, -0.25) is 14.5 Å². The molecule has 0 bridgehead atoms. The highest BCUT2D eigenvalue weighted by Gasteiger charge is 2.31. The smallest absolute Gasteiger partial charge is 0.328 e. The van der Waals surface area contributed by atoms with Crippen LogP contribution in [0.5, 0.6) is 0 Å². The van der Waals surface area contributed by atoms with Crippen molar-refractivity contribution in [2.45, 2.75) is 26.8 Å². The minimum absolute atomic E-state index is 0.117. The Balaban J connectivity index is 1.98. The molecule has 31 heavy (non-hydrogen) atoms. The monoisotopic (exact) mass is 415 g/mol. The third-order valence-corrected chi connectivity index (χ3v) is 5.26. The minimum Gasteiger partial charge on any atom is -0.467 e. The fourth-order valence-corrected chi connectivity index (χ4v) is 3.59. The molecule has 1 atom stereocenters. The molecular weight excluding hydrogens is 390 g/mol. The third kappa shape index (κ3) is 4.56. The molecule has 5 heteroatoms. The van der Waals surface area contributed by atoms with Gasteiger partial charge in [-0.2, -0.15) is 0 Å². The lowest BCUT2D eigenvalue weighted by Gasteiger charge is -2.30. The molecule has 0 N–H and O–H groups in total. The van der Waals surface area contributed by atoms with Crippen molar-refractivity contribution in [2.75, 3.05) is 12.0 Å². The van der Waals surface area contributed by atoms with Crippen molar-refractivity contribution in [3.63, 3.8) is 0 Å². The van der Waals surface area contributed by atoms with E-state index < -0.39 is 12.0 Å². The molecule has 0 heterocycles. The van der Waals surface area contributed by atoms with E-state index in [0.29, 0.717) is 22.4 Å². The number of para-hydroxylation sites is 1. The van der Waals surface area contributed by atoms with Crippen LogP contribution in [-0.4, -0.2) is 30.8 Å². The topological polar surface area (TPSA) is 63.7 Å². The Hall–Kier alpha value is -3.73. The number of nitrogens with zero attached hydrogens (tertiary/aromatic N) is 1. The molecule has 0 aliphatic rings. The number of rotatable bonds is 6. The van der Waals surface area contributed by atoms with Gasteiger partial charge in [0, 0.05) is 16.7 Å². The molecule has 0 fully saturated rings. The van der Waals surface area contributed by atoms with E-state index in [9.17, 15) is 14.4 Å². The van der Waals surface area contributed by atoms with Gasteiger partial charge in [0.25, 0.3) is 5.91 Å². The van der Waals surface area contributed by atoms with E-state index in [0.717, 1.165) is 11.1 Å². The van der Waals surface area contributed by atoms with Gasteiger partial charge in [-0.15, -0.1) is 0 Å². The number of methoxy groups -OCH3 is 1. The largest absolute Gasteiger partial charge is 0.467 e. The lowest BCUT2D eigenvalue weighted by Crippen LogP contribution is -2.44. The maximum atomic E-state index is 13.5. The van der Waals surface area contributed by atoms with Crippen LogP contribution in [0.3, 0.4) is 0 Å². The van der Waals surface area contributed by atoms with Crippen molar-refractivity contribution in [1.29, 1.82) is 0 Å². The van der Waals surface area contributed by atoms with E-state index in [1.165, 1.54) is 12.0 Å². The van der Waals surface area contributed by atoms with Crippen molar-refractivity contribution in [1.82, 2.24) is 0 Å². The fraction of sp³-hybridized carbons (Fsp3) is 0.192. The van der Waals surface area contributed by atoms with Crippen molar-refractivity contribution in [2.24, 2.45) is 0 Å². The molecule has 0 aliphatic heterocycles. The van der Waals surface area contributed by atoms with Gasteiger partial charge < -0.3 is 4.74 Å². The van der Waals surface area contributed by atoms with E-state index in [1.807, 2.05) is 50.2 Å². The molecule has 3 rings (SSSR count). The summed E-state index contributed by atoms with van der Waals surface area (Å²) in [7, 11) is 1.30. The number of hydrogen-bond donors (Lipinski definition) is 0. The summed E-state index contributed by atoms with van der Waals surface area (Å²) in [5.41, 5.74) is 3.87. The number of carbonyl (C=O) groups excluding carboxylic acids is 3. The molecule has 5 nitrogen and oxygen atoms in total. The van der Waals surface area contributed by atoms with Crippen LogP contribution in [0.15, 0.2) is 72.8 Å². The molecule has 0 aromatic heterocycles. The molecule has 0 saturated heterocycles. The molecule has 0 spiro atoms. The number of hydrogen-bond acceptors (Lipinski definition) is 4. The maximum absolute atomic E-state index is 13.5. The summed E-state index contributed by atoms with van der Waals surface area (Å²) in [4.78, 5) is 39.9. The van der Waals surface area contributed by atoms with E-state index >= 15 is 0 Å². The van der Waals surface area contributed by atoms with Crippen molar-refractivity contribution >= 4 is 23.3 Å². The van der Waals surface area contributed by atoms with Crippen LogP contribution in [0, 0.1) is 13.8 Å². The van der Waals surface area contributed by atoms with Crippen LogP contribution in [0.2, 0.25) is 0 Å². The SMILES string of the molecule is COC(=O)[C@@H](C)N(C(=O)c1ccc(C(=O)c2ccccc2)cc1)c1c(C)cccc1C. The summed E-state index contributed by atoms with van der Waals surface area (Å²) < 4.78 is 4.90. The zero-order valence-electron chi connectivity index (χ0n) is 18.1. The first-order valence-corrected chi connectivity index (χ1v) is 10.0. The Morgan fingerprint density at radius 3 is 1.81 bits per heavy atom. The van der Waals surface area contributed by atoms with Crippen LogP contribution in [0.1, 0.15) is 44.3 Å². The highest BCUT2D eigenvalue weighted by molar-refractivity contribution is 6.12. The quantitative estimate of drug-likeness (QED) is 0.431. The Kier molecular flexibility index (Phi) is 6.65. The first kappa shape index (κ1) is 22.0. The molecular formula is C26H25NO4. The fourth-order valence-electron chi connectivity index (χ4n) is 3.59. The van der Waals surface area contributed by atoms with Gasteiger partial charge in [0.1, 0.15) is 6.04 Å². The van der Waals surface area contributed by atoms with Gasteiger partial charge in [0.2, 0.25) is 0 Å². The highest BCUT2D eigenvalue weighted by Crippen LogP contribution is 2.29. The highest BCUT2D eigenvalue weighted by atomic mass is 16.5. The average molecular weight is 415 g/mol. The maximum Gasteiger partial charge on any atom is 0.328 e. The van der Waals surface area contributed by atoms with Gasteiger partial charge >= 0.3 is 5.97 Å². The van der Waals surface area contributed by atoms with E-state index in [-0.39, 0.29) is 11.7 Å². The minimum atomic E-state index is -0.817. The summed E-state index contributed by atoms with van der Waals surface area (Å²) >= 11 is 0. The standard InChI is InChI=1S/C26H25NO4/c1-17-9-8-10-18(2)23(17)27(19(3)26(30)31-4)25(29)22-15-13-21(14-16-22)24(28)20-11-6-5-7-12-20/h5-16,19H,1-4H3/t19-/m1/s1. The molecule has 0 radical (unpaired) electrons. The first-order valence-electron chi connectivity index (χ1n) is 10.0. The van der Waals surface area contributed by atoms with Crippen LogP contribution >= 0.6 is 0 Å². The van der Waals surface area contributed by atoms with Crippen molar-refractivity contribution < 1.29 is 19.1 Å². The van der Waals surface area contributed by atoms with Crippen molar-refractivity contribution in [3.05, 3.63) is 101 Å². The van der Waals surface area contributed by atoms with Gasteiger partial charge in [-0.05, 0) is 44.0 Å². The Labute approximate surface area is 182 Å². The normalized spacial score (nSPS) is 11.5. The lowest BCUT2D eigenvalue weighted by atomic mass is 10.0. The first-order chi connectivity index (χ1) is 14.8. The predicted molar refractivity (Wildman–Crippen MR) is 121 cm³/mol. The van der Waals surface area contributed by atoms with Gasteiger partial charge in [-0.1, -0.05) is 60.7 Å². The van der Waals surface area contributed by atoms with Gasteiger partial charge in [-0.25, -0.2) is 4.79 Å². The van der Waals surface area contributed by atoms with Crippen LogP contribution in [0.25, 0.3) is 0 Å². The number of esters is 1. The summed E-state index contributed by atoms with van der Waals surface area (Å²) in [6, 6.07) is 20.3. The molecule has 1 amide bonds. The second-order valence-corrected chi connectivity index (χ2v) is 7.39. The Morgan fingerprint density at radius 2 is 1.26 bits per heavy atom. The predicted octanol–water partition coefficient (Wildman–Crippen LogP) is 4.74. The zero-order valence-corrected chi connectivity index (χ0v) is 18.1. The summed E-state index contributed by atoms with van der Waals surface area (Å²) in [5, 5.41) is 0. The molecule has 158 valence electrons. The second-order valence-electron chi connectivity index (χ2n) is 7.39. The zero-order chi connectivity index (χ0) is 22.5. The second kappa shape index (κ2) is 9.39. The molecule has 0 saturated carbocycles. The Bertz CT molecular complexity index is 1080. The number of amides is 1. The number of ether oxygens (including phenoxy) is 1. The van der Waals surface area contributed by atoms with Crippen LogP contribution in [0.4, 0.5) is 5.69 Å². The average Bonchev–Trinajstić information content (AvgIpc) is 2.80. The van der Waals surface area contributed by atoms with Gasteiger partial charge in [0.05, 0.1) is 12.8 Å². The number of aryl methyl sites for hydroxylation is 2. The van der Waals surface area contributed by atoms with Crippen molar-refractivity contribution in [3.8, 4) is 0 Å². The van der Waals surface area contributed by atoms with Crippen LogP contribution < -0.4 is 4.90 Å². The number of ketones is 1. The molecule has 3 aromatic carbocycles. The molecule has 0 aliphatic carbocycles. The van der Waals surface area contributed by atoms with Gasteiger partial charge in [0.15, 0.2) is 5.78 Å². The number of anilines is 1. The summed E-state index contributed by atoms with van der Waals surface area (Å²) in [5.74, 6) is -0.963. The number of carbonyl (C=O) groups is 3. The molecule has 3 aromatic rings. The van der Waals surface area contributed by atoms with E-state index in [2.05, 4.69) is 0 Å². The number of benzene rings is 3. The summed E-state index contributed by atoms with van der Waals surface area (Å²) in [6.45, 7) is 5.44. The lowest BCUT2D eigenvalue weighted by molar-refractivity contribution is -0.141. The molecule has 0 unspecified atom stereocenters. The van der Waals surface area contributed by atoms with E-state index in [4.69, 9.17) is 4.74 Å². The van der Waals surface area contributed by atoms with Crippen LogP contribution in [-0.2, 0) is 9.53 Å².